The van der Waals surface area contributed by atoms with Crippen LogP contribution in [0.3, 0.4) is 0 Å². The zero-order valence-corrected chi connectivity index (χ0v) is 18.4. The number of rotatable bonds is 9. The first kappa shape index (κ1) is 22.7. The molecule has 5 nitrogen and oxygen atoms in total. The maximum absolute atomic E-state index is 13.3. The van der Waals surface area contributed by atoms with Crippen molar-refractivity contribution in [2.24, 2.45) is 0 Å². The van der Waals surface area contributed by atoms with Crippen LogP contribution in [0.25, 0.3) is 0 Å². The molecule has 5 heteroatoms. The van der Waals surface area contributed by atoms with Gasteiger partial charge in [-0.3, -0.25) is 9.59 Å². The maximum Gasteiger partial charge on any atom is 0.242 e. The summed E-state index contributed by atoms with van der Waals surface area (Å²) >= 11 is 0. The molecule has 0 aliphatic heterocycles. The number of unbranched alkanes of at least 4 members (excludes halogenated alkanes) is 1. The van der Waals surface area contributed by atoms with Crippen molar-refractivity contribution in [3.05, 3.63) is 59.5 Å². The Morgan fingerprint density at radius 1 is 0.966 bits per heavy atom. The highest BCUT2D eigenvalue weighted by Crippen LogP contribution is 2.18. The SMILES string of the molecule is CCCCC(=O)N(CC(=O)N(Cc1ccccc1)Cc1ccc(C)o1)C(C)(C)C. The molecule has 0 saturated heterocycles. The summed E-state index contributed by atoms with van der Waals surface area (Å²) in [5.74, 6) is 1.51. The van der Waals surface area contributed by atoms with E-state index in [1.165, 1.54) is 0 Å². The minimum atomic E-state index is -0.416. The lowest BCUT2D eigenvalue weighted by Gasteiger charge is -2.37. The maximum atomic E-state index is 13.3. The van der Waals surface area contributed by atoms with Crippen molar-refractivity contribution in [3.63, 3.8) is 0 Å². The molecule has 0 spiro atoms. The molecule has 158 valence electrons. The Morgan fingerprint density at radius 3 is 2.21 bits per heavy atom. The van der Waals surface area contributed by atoms with Crippen LogP contribution in [0.1, 0.15) is 64.0 Å². The molecule has 1 heterocycles. The molecular weight excluding hydrogens is 364 g/mol. The standard InChI is InChI=1S/C24H34N2O3/c1-6-7-13-22(27)26(24(3,4)5)18-23(28)25(16-20-11-9-8-10-12-20)17-21-15-14-19(2)29-21/h8-12,14-15H,6-7,13,16-18H2,1-5H3. The van der Waals surface area contributed by atoms with Gasteiger partial charge in [-0.05, 0) is 51.8 Å². The monoisotopic (exact) mass is 398 g/mol. The molecule has 0 N–H and O–H groups in total. The van der Waals surface area contributed by atoms with Gasteiger partial charge in [0.15, 0.2) is 0 Å². The zero-order valence-electron chi connectivity index (χ0n) is 18.4. The minimum absolute atomic E-state index is 0.0289. The molecule has 29 heavy (non-hydrogen) atoms. The van der Waals surface area contributed by atoms with Gasteiger partial charge in [-0.15, -0.1) is 0 Å². The van der Waals surface area contributed by atoms with E-state index in [2.05, 4.69) is 6.92 Å². The van der Waals surface area contributed by atoms with E-state index in [0.29, 0.717) is 19.5 Å². The summed E-state index contributed by atoms with van der Waals surface area (Å²) < 4.78 is 5.70. The van der Waals surface area contributed by atoms with Gasteiger partial charge in [0.1, 0.15) is 18.1 Å². The van der Waals surface area contributed by atoms with Crippen LogP contribution >= 0.6 is 0 Å². The summed E-state index contributed by atoms with van der Waals surface area (Å²) in [6, 6.07) is 13.7. The van der Waals surface area contributed by atoms with E-state index < -0.39 is 5.54 Å². The second-order valence-corrected chi connectivity index (χ2v) is 8.50. The molecule has 0 radical (unpaired) electrons. The van der Waals surface area contributed by atoms with Gasteiger partial charge in [-0.2, -0.15) is 0 Å². The van der Waals surface area contributed by atoms with Crippen LogP contribution in [0, 0.1) is 6.92 Å². The van der Waals surface area contributed by atoms with Gasteiger partial charge in [-0.25, -0.2) is 0 Å². The van der Waals surface area contributed by atoms with E-state index in [9.17, 15) is 9.59 Å². The number of furan rings is 1. The molecule has 0 bridgehead atoms. The van der Waals surface area contributed by atoms with Crippen LogP contribution < -0.4 is 0 Å². The average molecular weight is 399 g/mol. The van der Waals surface area contributed by atoms with Crippen LogP contribution in [-0.2, 0) is 22.7 Å². The molecule has 0 fully saturated rings. The van der Waals surface area contributed by atoms with Crippen LogP contribution in [0.2, 0.25) is 0 Å². The van der Waals surface area contributed by atoms with Crippen molar-refractivity contribution in [2.75, 3.05) is 6.54 Å². The van der Waals surface area contributed by atoms with Crippen molar-refractivity contribution < 1.29 is 14.0 Å². The van der Waals surface area contributed by atoms with Gasteiger partial charge in [-0.1, -0.05) is 43.7 Å². The van der Waals surface area contributed by atoms with Gasteiger partial charge >= 0.3 is 0 Å². The van der Waals surface area contributed by atoms with Gasteiger partial charge in [0.05, 0.1) is 6.54 Å². The molecule has 2 rings (SSSR count). The Labute approximate surface area is 174 Å². The number of carbonyl (C=O) groups is 2. The Bertz CT molecular complexity index is 790. The van der Waals surface area contributed by atoms with E-state index in [-0.39, 0.29) is 18.4 Å². The Balaban J connectivity index is 2.20. The summed E-state index contributed by atoms with van der Waals surface area (Å²) in [6.45, 7) is 10.8. The van der Waals surface area contributed by atoms with Crippen LogP contribution in [0.4, 0.5) is 0 Å². The quantitative estimate of drug-likeness (QED) is 0.601. The molecule has 2 aromatic rings. The second kappa shape index (κ2) is 10.3. The second-order valence-electron chi connectivity index (χ2n) is 8.50. The number of amides is 2. The predicted octanol–water partition coefficient (Wildman–Crippen LogP) is 4.93. The highest BCUT2D eigenvalue weighted by Gasteiger charge is 2.30. The van der Waals surface area contributed by atoms with Crippen molar-refractivity contribution in [3.8, 4) is 0 Å². The number of benzene rings is 1. The lowest BCUT2D eigenvalue weighted by molar-refractivity contribution is -0.145. The smallest absolute Gasteiger partial charge is 0.242 e. The Morgan fingerprint density at radius 2 is 1.66 bits per heavy atom. The van der Waals surface area contributed by atoms with Gasteiger partial charge < -0.3 is 14.2 Å². The third kappa shape index (κ3) is 7.08. The predicted molar refractivity (Wildman–Crippen MR) is 115 cm³/mol. The fourth-order valence-corrected chi connectivity index (χ4v) is 3.19. The summed E-state index contributed by atoms with van der Waals surface area (Å²) in [6.07, 6.45) is 2.26. The Hall–Kier alpha value is -2.56. The van der Waals surface area contributed by atoms with Crippen molar-refractivity contribution in [1.82, 2.24) is 9.80 Å². The molecule has 0 atom stereocenters. The number of hydrogen-bond acceptors (Lipinski definition) is 3. The fourth-order valence-electron chi connectivity index (χ4n) is 3.19. The summed E-state index contributed by atoms with van der Waals surface area (Å²) in [7, 11) is 0. The first-order chi connectivity index (χ1) is 13.7. The fraction of sp³-hybridized carbons (Fsp3) is 0.500. The molecule has 0 aliphatic carbocycles. The third-order valence-electron chi connectivity index (χ3n) is 4.86. The number of hydrogen-bond donors (Lipinski definition) is 0. The average Bonchev–Trinajstić information content (AvgIpc) is 3.08. The lowest BCUT2D eigenvalue weighted by atomic mass is 10.0. The summed E-state index contributed by atoms with van der Waals surface area (Å²) in [4.78, 5) is 29.5. The Kier molecular flexibility index (Phi) is 8.06. The van der Waals surface area contributed by atoms with Gasteiger partial charge in [0.2, 0.25) is 11.8 Å². The van der Waals surface area contributed by atoms with Crippen LogP contribution in [0.5, 0.6) is 0 Å². The third-order valence-corrected chi connectivity index (χ3v) is 4.86. The number of carbonyl (C=O) groups excluding carboxylic acids is 2. The largest absolute Gasteiger partial charge is 0.464 e. The normalized spacial score (nSPS) is 11.3. The highest BCUT2D eigenvalue weighted by atomic mass is 16.3. The summed E-state index contributed by atoms with van der Waals surface area (Å²) in [5.41, 5.74) is 0.629. The molecule has 0 saturated carbocycles. The topological polar surface area (TPSA) is 53.8 Å². The van der Waals surface area contributed by atoms with E-state index in [1.807, 2.05) is 70.2 Å². The van der Waals surface area contributed by atoms with Gasteiger partial charge in [0, 0.05) is 18.5 Å². The van der Waals surface area contributed by atoms with Gasteiger partial charge in [0.25, 0.3) is 0 Å². The van der Waals surface area contributed by atoms with Crippen molar-refractivity contribution >= 4 is 11.8 Å². The zero-order chi connectivity index (χ0) is 21.4. The number of aryl methyl sites for hydroxylation is 1. The number of nitrogens with zero attached hydrogens (tertiary/aromatic N) is 2. The molecule has 1 aromatic heterocycles. The van der Waals surface area contributed by atoms with Crippen molar-refractivity contribution in [2.45, 2.75) is 72.5 Å². The molecule has 1 aromatic carbocycles. The highest BCUT2D eigenvalue weighted by molar-refractivity contribution is 5.85. The molecular formula is C24H34N2O3. The van der Waals surface area contributed by atoms with Crippen molar-refractivity contribution in [1.29, 1.82) is 0 Å². The molecule has 0 aliphatic rings. The first-order valence-corrected chi connectivity index (χ1v) is 10.4. The van der Waals surface area contributed by atoms with E-state index in [1.54, 1.807) is 9.80 Å². The van der Waals surface area contributed by atoms with E-state index in [0.717, 1.165) is 29.9 Å². The lowest BCUT2D eigenvalue weighted by Crippen LogP contribution is -2.51. The van der Waals surface area contributed by atoms with Crippen LogP contribution in [0.15, 0.2) is 46.9 Å². The summed E-state index contributed by atoms with van der Waals surface area (Å²) in [5, 5.41) is 0. The molecule has 2 amide bonds. The van der Waals surface area contributed by atoms with E-state index in [4.69, 9.17) is 4.42 Å². The minimum Gasteiger partial charge on any atom is -0.464 e. The van der Waals surface area contributed by atoms with E-state index >= 15 is 0 Å². The molecule has 0 unspecified atom stereocenters. The van der Waals surface area contributed by atoms with Crippen LogP contribution in [-0.4, -0.2) is 33.7 Å². The first-order valence-electron chi connectivity index (χ1n) is 10.4.